The van der Waals surface area contributed by atoms with E-state index in [0.717, 1.165) is 25.7 Å². The van der Waals surface area contributed by atoms with Crippen LogP contribution in [0.15, 0.2) is 36.9 Å². The molecule has 4 nitrogen and oxygen atoms in total. The highest BCUT2D eigenvalue weighted by Crippen LogP contribution is 2.18. The Morgan fingerprint density at radius 3 is 2.62 bits per heavy atom. The van der Waals surface area contributed by atoms with Crippen molar-refractivity contribution < 1.29 is 19.1 Å². The van der Waals surface area contributed by atoms with Crippen molar-refractivity contribution >= 4 is 23.5 Å². The predicted octanol–water partition coefficient (Wildman–Crippen LogP) is 5.09. The Morgan fingerprint density at radius 2 is 1.96 bits per heavy atom. The van der Waals surface area contributed by atoms with Crippen LogP contribution < -0.4 is 4.74 Å². The Labute approximate surface area is 148 Å². The standard InChI is InChI=1S/C19H25ClO4/c1-3-5-6-10-16(4-2)23-18(21)12-8-13-19(22)24-17-11-7-9-15(20)14-17/h4,7,9,11,14,16H,2-3,5-6,8,10,12-13H2,1H3. The lowest BCUT2D eigenvalue weighted by Crippen LogP contribution is -2.16. The Kier molecular flexibility index (Phi) is 9.85. The quantitative estimate of drug-likeness (QED) is 0.241. The maximum Gasteiger partial charge on any atom is 0.311 e. The Hall–Kier alpha value is -1.81. The molecule has 0 aliphatic rings. The molecule has 1 unspecified atom stereocenters. The summed E-state index contributed by atoms with van der Waals surface area (Å²) in [5, 5.41) is 0.502. The third-order valence-corrected chi connectivity index (χ3v) is 3.66. The summed E-state index contributed by atoms with van der Waals surface area (Å²) in [7, 11) is 0. The van der Waals surface area contributed by atoms with Gasteiger partial charge in [-0.15, -0.1) is 0 Å². The molecule has 0 amide bonds. The molecule has 1 aromatic rings. The number of hydrogen-bond acceptors (Lipinski definition) is 4. The second-order valence-electron chi connectivity index (χ2n) is 5.54. The van der Waals surface area contributed by atoms with Crippen LogP contribution in [0.1, 0.15) is 51.9 Å². The number of ether oxygens (including phenoxy) is 2. The zero-order valence-electron chi connectivity index (χ0n) is 14.1. The SMILES string of the molecule is C=CC(CCCCC)OC(=O)CCCC(=O)Oc1cccc(Cl)c1. The minimum atomic E-state index is -0.395. The molecule has 0 radical (unpaired) electrons. The van der Waals surface area contributed by atoms with Gasteiger partial charge in [-0.25, -0.2) is 0 Å². The number of halogens is 1. The Morgan fingerprint density at radius 1 is 1.21 bits per heavy atom. The third kappa shape index (κ3) is 8.73. The van der Waals surface area contributed by atoms with E-state index in [4.69, 9.17) is 21.1 Å². The summed E-state index contributed by atoms with van der Waals surface area (Å²) >= 11 is 5.82. The van der Waals surface area contributed by atoms with Crippen LogP contribution in [-0.4, -0.2) is 18.0 Å². The molecular weight excluding hydrogens is 328 g/mol. The molecule has 0 bridgehead atoms. The number of carbonyl (C=O) groups excluding carboxylic acids is 2. The highest BCUT2D eigenvalue weighted by molar-refractivity contribution is 6.30. The van der Waals surface area contributed by atoms with Crippen molar-refractivity contribution in [2.75, 3.05) is 0 Å². The van der Waals surface area contributed by atoms with Crippen molar-refractivity contribution in [3.63, 3.8) is 0 Å². The molecule has 1 aromatic carbocycles. The number of unbranched alkanes of at least 4 members (excludes halogenated alkanes) is 2. The van der Waals surface area contributed by atoms with Crippen LogP contribution in [0.5, 0.6) is 5.75 Å². The summed E-state index contributed by atoms with van der Waals surface area (Å²) in [6, 6.07) is 6.63. The lowest BCUT2D eigenvalue weighted by atomic mass is 10.1. The highest BCUT2D eigenvalue weighted by atomic mass is 35.5. The van der Waals surface area contributed by atoms with E-state index in [2.05, 4.69) is 13.5 Å². The second kappa shape index (κ2) is 11.7. The molecule has 0 aromatic heterocycles. The lowest BCUT2D eigenvalue weighted by molar-refractivity contribution is -0.147. The van der Waals surface area contributed by atoms with Gasteiger partial charge in [0.15, 0.2) is 0 Å². The van der Waals surface area contributed by atoms with E-state index in [1.165, 1.54) is 0 Å². The molecule has 0 N–H and O–H groups in total. The van der Waals surface area contributed by atoms with Crippen molar-refractivity contribution in [2.24, 2.45) is 0 Å². The zero-order chi connectivity index (χ0) is 17.8. The van der Waals surface area contributed by atoms with Crippen LogP contribution in [0, 0.1) is 0 Å². The maximum absolute atomic E-state index is 11.8. The van der Waals surface area contributed by atoms with Crippen LogP contribution in [0.25, 0.3) is 0 Å². The zero-order valence-corrected chi connectivity index (χ0v) is 14.9. The average molecular weight is 353 g/mol. The van der Waals surface area contributed by atoms with Gasteiger partial charge in [0.1, 0.15) is 11.9 Å². The predicted molar refractivity (Wildman–Crippen MR) is 95.2 cm³/mol. The van der Waals surface area contributed by atoms with E-state index < -0.39 is 5.97 Å². The van der Waals surface area contributed by atoms with Crippen molar-refractivity contribution in [2.45, 2.75) is 58.0 Å². The van der Waals surface area contributed by atoms with Crippen LogP contribution in [0.4, 0.5) is 0 Å². The highest BCUT2D eigenvalue weighted by Gasteiger charge is 2.12. The van der Waals surface area contributed by atoms with Crippen molar-refractivity contribution in [1.82, 2.24) is 0 Å². The molecule has 0 fully saturated rings. The number of rotatable bonds is 11. The first-order chi connectivity index (χ1) is 11.5. The summed E-state index contributed by atoms with van der Waals surface area (Å²) in [6.07, 6.45) is 6.15. The van der Waals surface area contributed by atoms with E-state index in [9.17, 15) is 9.59 Å². The molecule has 24 heavy (non-hydrogen) atoms. The molecule has 1 atom stereocenters. The summed E-state index contributed by atoms with van der Waals surface area (Å²) in [4.78, 5) is 23.5. The topological polar surface area (TPSA) is 52.6 Å². The fraction of sp³-hybridized carbons (Fsp3) is 0.474. The van der Waals surface area contributed by atoms with E-state index in [-0.39, 0.29) is 24.9 Å². The van der Waals surface area contributed by atoms with E-state index in [1.807, 2.05) is 0 Å². The summed E-state index contributed by atoms with van der Waals surface area (Å²) in [6.45, 7) is 5.82. The monoisotopic (exact) mass is 352 g/mol. The summed E-state index contributed by atoms with van der Waals surface area (Å²) < 4.78 is 10.5. The lowest BCUT2D eigenvalue weighted by Gasteiger charge is -2.13. The molecule has 132 valence electrons. The van der Waals surface area contributed by atoms with Crippen LogP contribution >= 0.6 is 11.6 Å². The molecule has 0 aliphatic carbocycles. The number of hydrogen-bond donors (Lipinski definition) is 0. The Bertz CT molecular complexity index is 542. The molecule has 0 saturated heterocycles. The minimum Gasteiger partial charge on any atom is -0.458 e. The summed E-state index contributed by atoms with van der Waals surface area (Å²) in [5.74, 6) is -0.307. The molecule has 1 rings (SSSR count). The summed E-state index contributed by atoms with van der Waals surface area (Å²) in [5.41, 5.74) is 0. The van der Waals surface area contributed by atoms with E-state index in [0.29, 0.717) is 17.2 Å². The first kappa shape index (κ1) is 20.2. The van der Waals surface area contributed by atoms with E-state index >= 15 is 0 Å². The molecule has 0 spiro atoms. The normalized spacial score (nSPS) is 11.6. The van der Waals surface area contributed by atoms with Gasteiger partial charge in [-0.3, -0.25) is 9.59 Å². The van der Waals surface area contributed by atoms with Gasteiger partial charge >= 0.3 is 11.9 Å². The van der Waals surface area contributed by atoms with Crippen LogP contribution in [0.3, 0.4) is 0 Å². The van der Waals surface area contributed by atoms with Gasteiger partial charge in [-0.05, 0) is 37.5 Å². The van der Waals surface area contributed by atoms with Crippen molar-refractivity contribution in [1.29, 1.82) is 0 Å². The van der Waals surface area contributed by atoms with Gasteiger partial charge < -0.3 is 9.47 Å². The van der Waals surface area contributed by atoms with Crippen LogP contribution in [-0.2, 0) is 14.3 Å². The van der Waals surface area contributed by atoms with Crippen LogP contribution in [0.2, 0.25) is 5.02 Å². The maximum atomic E-state index is 11.8. The largest absolute Gasteiger partial charge is 0.458 e. The van der Waals surface area contributed by atoms with Crippen molar-refractivity contribution in [3.05, 3.63) is 41.9 Å². The number of benzene rings is 1. The van der Waals surface area contributed by atoms with Gasteiger partial charge in [-0.2, -0.15) is 0 Å². The Balaban J connectivity index is 2.24. The van der Waals surface area contributed by atoms with Gasteiger partial charge in [0.2, 0.25) is 0 Å². The number of esters is 2. The van der Waals surface area contributed by atoms with Gasteiger partial charge in [0.05, 0.1) is 0 Å². The smallest absolute Gasteiger partial charge is 0.311 e. The first-order valence-electron chi connectivity index (χ1n) is 8.33. The second-order valence-corrected chi connectivity index (χ2v) is 5.98. The molecule has 0 saturated carbocycles. The van der Waals surface area contributed by atoms with Crippen molar-refractivity contribution in [3.8, 4) is 5.75 Å². The molecule has 0 aliphatic heterocycles. The fourth-order valence-corrected chi connectivity index (χ4v) is 2.32. The van der Waals surface area contributed by atoms with E-state index in [1.54, 1.807) is 30.3 Å². The molecule has 5 heteroatoms. The average Bonchev–Trinajstić information content (AvgIpc) is 2.54. The first-order valence-corrected chi connectivity index (χ1v) is 8.71. The number of carbonyl (C=O) groups is 2. The molecule has 0 heterocycles. The third-order valence-electron chi connectivity index (χ3n) is 3.43. The fourth-order valence-electron chi connectivity index (χ4n) is 2.14. The van der Waals surface area contributed by atoms with Gasteiger partial charge in [0.25, 0.3) is 0 Å². The van der Waals surface area contributed by atoms with Gasteiger partial charge in [0, 0.05) is 17.9 Å². The molecular formula is C19H25ClO4. The van der Waals surface area contributed by atoms with Gasteiger partial charge in [-0.1, -0.05) is 50.1 Å². The minimum absolute atomic E-state index is 0.149.